The minimum Gasteiger partial charge on any atom is -0.485 e. The Kier molecular flexibility index (Phi) is 7.10. The normalized spacial score (nSPS) is 17.9. The number of carbonyl (C=O) groups is 2. The molecule has 0 unspecified atom stereocenters. The quantitative estimate of drug-likeness (QED) is 0.365. The average molecular weight is 463 g/mol. The largest absolute Gasteiger partial charge is 0.485 e. The fourth-order valence-electron chi connectivity index (χ4n) is 3.42. The maximum atomic E-state index is 13.8. The number of ether oxygens (including phenoxy) is 1. The number of imide groups is 1. The van der Waals surface area contributed by atoms with Gasteiger partial charge in [-0.25, -0.2) is 31.1 Å². The van der Waals surface area contributed by atoms with E-state index in [2.05, 4.69) is 10.0 Å². The molecule has 2 aliphatic rings. The van der Waals surface area contributed by atoms with Crippen LogP contribution in [0.5, 0.6) is 5.75 Å². The zero-order chi connectivity index (χ0) is 22.6. The number of halogens is 3. The number of nitrogens with one attached hydrogen (secondary N) is 2. The van der Waals surface area contributed by atoms with Crippen LogP contribution in [-0.4, -0.2) is 57.1 Å². The summed E-state index contributed by atoms with van der Waals surface area (Å²) in [6.07, 6.45) is -0.273. The number of hydrogen-bond acceptors (Lipinski definition) is 5. The van der Waals surface area contributed by atoms with Gasteiger partial charge in [0.2, 0.25) is 15.9 Å². The van der Waals surface area contributed by atoms with Crippen LogP contribution in [0.3, 0.4) is 0 Å². The monoisotopic (exact) mass is 463 g/mol. The van der Waals surface area contributed by atoms with Crippen molar-refractivity contribution in [2.24, 2.45) is 0 Å². The molecule has 1 saturated heterocycles. The second kappa shape index (κ2) is 9.43. The van der Waals surface area contributed by atoms with E-state index in [1.807, 2.05) is 0 Å². The van der Waals surface area contributed by atoms with Crippen molar-refractivity contribution in [3.05, 3.63) is 29.6 Å². The van der Waals surface area contributed by atoms with Crippen LogP contribution in [0.1, 0.15) is 37.7 Å². The fourth-order valence-corrected chi connectivity index (χ4v) is 5.03. The lowest BCUT2D eigenvalue weighted by atomic mass is 10.1. The predicted octanol–water partition coefficient (Wildman–Crippen LogP) is 2.10. The molecule has 1 aromatic rings. The predicted molar refractivity (Wildman–Crippen MR) is 105 cm³/mol. The molecule has 3 rings (SSSR count). The number of rotatable bonds is 12. The van der Waals surface area contributed by atoms with Crippen molar-refractivity contribution in [3.63, 3.8) is 0 Å². The van der Waals surface area contributed by atoms with Crippen LogP contribution in [0.2, 0.25) is 0 Å². The molecule has 0 aromatic heterocycles. The van der Waals surface area contributed by atoms with E-state index in [1.165, 1.54) is 17.0 Å². The van der Waals surface area contributed by atoms with Crippen molar-refractivity contribution in [2.45, 2.75) is 44.1 Å². The summed E-state index contributed by atoms with van der Waals surface area (Å²) in [4.78, 5) is 23.9. The highest BCUT2D eigenvalue weighted by Crippen LogP contribution is 2.47. The number of unbranched alkanes of at least 4 members (excludes halogenated alkanes) is 2. The van der Waals surface area contributed by atoms with Crippen molar-refractivity contribution in [1.29, 1.82) is 0 Å². The second-order valence-corrected chi connectivity index (χ2v) is 9.53. The van der Waals surface area contributed by atoms with Crippen molar-refractivity contribution in [2.75, 3.05) is 25.4 Å². The zero-order valence-corrected chi connectivity index (χ0v) is 17.5. The van der Waals surface area contributed by atoms with Crippen LogP contribution in [0, 0.1) is 5.82 Å². The molecule has 0 spiro atoms. The minimum absolute atomic E-state index is 0.0158. The molecular weight excluding hydrogens is 439 g/mol. The van der Waals surface area contributed by atoms with E-state index < -0.39 is 40.4 Å². The van der Waals surface area contributed by atoms with Gasteiger partial charge >= 0.3 is 6.03 Å². The van der Waals surface area contributed by atoms with Gasteiger partial charge in [0.25, 0.3) is 6.43 Å². The highest BCUT2D eigenvalue weighted by Gasteiger charge is 2.47. The molecule has 3 amide bonds. The van der Waals surface area contributed by atoms with Gasteiger partial charge in [0.15, 0.2) is 11.6 Å². The molecule has 1 aliphatic carbocycles. The fraction of sp³-hybridized carbons (Fsp3) is 0.579. The molecule has 1 aromatic carbocycles. The van der Waals surface area contributed by atoms with Crippen LogP contribution in [0.4, 0.5) is 18.0 Å². The number of amides is 3. The summed E-state index contributed by atoms with van der Waals surface area (Å²) in [5.41, 5.74) is -0.421. The number of nitrogens with zero attached hydrogens (tertiary/aromatic N) is 1. The van der Waals surface area contributed by atoms with Crippen molar-refractivity contribution in [1.82, 2.24) is 14.9 Å². The first-order chi connectivity index (χ1) is 14.6. The molecule has 2 N–H and O–H groups in total. The summed E-state index contributed by atoms with van der Waals surface area (Å²) in [6.45, 7) is -0.569. The van der Waals surface area contributed by atoms with E-state index in [0.29, 0.717) is 44.2 Å². The highest BCUT2D eigenvalue weighted by molar-refractivity contribution is 7.89. The Labute approximate surface area is 178 Å². The smallest absolute Gasteiger partial charge is 0.324 e. The summed E-state index contributed by atoms with van der Waals surface area (Å²) in [6, 6.07) is 3.31. The van der Waals surface area contributed by atoms with Gasteiger partial charge in [0, 0.05) is 6.54 Å². The maximum absolute atomic E-state index is 13.8. The van der Waals surface area contributed by atoms with E-state index >= 15 is 0 Å². The van der Waals surface area contributed by atoms with Gasteiger partial charge in [0.05, 0.1) is 11.3 Å². The van der Waals surface area contributed by atoms with Crippen molar-refractivity contribution < 1.29 is 35.9 Å². The molecule has 31 heavy (non-hydrogen) atoms. The third kappa shape index (κ3) is 6.33. The summed E-state index contributed by atoms with van der Waals surface area (Å²) in [5.74, 6) is -1.62. The number of hydrogen-bond donors (Lipinski definition) is 2. The first-order valence-electron chi connectivity index (χ1n) is 9.92. The highest BCUT2D eigenvalue weighted by atomic mass is 32.2. The first kappa shape index (κ1) is 23.3. The van der Waals surface area contributed by atoms with Gasteiger partial charge in [-0.15, -0.1) is 0 Å². The van der Waals surface area contributed by atoms with Gasteiger partial charge in [-0.3, -0.25) is 10.1 Å². The molecule has 8 nitrogen and oxygen atoms in total. The molecule has 12 heteroatoms. The number of alkyl halides is 2. The summed E-state index contributed by atoms with van der Waals surface area (Å²) in [7, 11) is -3.64. The van der Waals surface area contributed by atoms with E-state index in [0.717, 1.165) is 6.07 Å². The molecule has 172 valence electrons. The van der Waals surface area contributed by atoms with Gasteiger partial charge in [0.1, 0.15) is 13.2 Å². The van der Waals surface area contributed by atoms with Crippen LogP contribution in [0.15, 0.2) is 18.2 Å². The maximum Gasteiger partial charge on any atom is 0.324 e. The molecule has 1 heterocycles. The SMILES string of the molecule is O=C1CN(CCCCCS(=O)(=O)NC2(c3ccc(F)c(OCC(F)F)c3)CC2)C(=O)N1. The van der Waals surface area contributed by atoms with E-state index in [-0.39, 0.29) is 24.0 Å². The minimum atomic E-state index is -3.64. The van der Waals surface area contributed by atoms with Gasteiger partial charge in [-0.2, -0.15) is 0 Å². The molecule has 0 bridgehead atoms. The lowest BCUT2D eigenvalue weighted by molar-refractivity contribution is -0.118. The van der Waals surface area contributed by atoms with Crippen LogP contribution >= 0.6 is 0 Å². The molecule has 1 saturated carbocycles. The number of benzene rings is 1. The lowest BCUT2D eigenvalue weighted by Crippen LogP contribution is -2.36. The zero-order valence-electron chi connectivity index (χ0n) is 16.7. The molecule has 1 aliphatic heterocycles. The van der Waals surface area contributed by atoms with Crippen LogP contribution in [-0.2, 0) is 20.4 Å². The Bertz CT molecular complexity index is 938. The van der Waals surface area contributed by atoms with Crippen molar-refractivity contribution >= 4 is 22.0 Å². The van der Waals surface area contributed by atoms with Crippen LogP contribution < -0.4 is 14.8 Å². The molecule has 0 atom stereocenters. The third-order valence-corrected chi connectivity index (χ3v) is 6.69. The molecule has 2 fully saturated rings. The average Bonchev–Trinajstić information content (AvgIpc) is 3.37. The van der Waals surface area contributed by atoms with Crippen LogP contribution in [0.25, 0.3) is 0 Å². The van der Waals surface area contributed by atoms with Crippen molar-refractivity contribution in [3.8, 4) is 5.75 Å². The first-order valence-corrected chi connectivity index (χ1v) is 11.6. The van der Waals surface area contributed by atoms with E-state index in [1.54, 1.807) is 0 Å². The Morgan fingerprint density at radius 1 is 1.19 bits per heavy atom. The standard InChI is InChI=1S/C19H24F3N3O5S/c20-14-5-4-13(10-15(14)30-12-16(21)22)19(6-7-19)24-31(28,29)9-3-1-2-8-25-11-17(26)23-18(25)27/h4-5,10,16,24H,1-3,6-9,11-12H2,(H,23,26,27). The number of carbonyl (C=O) groups excluding carboxylic acids is 2. The third-order valence-electron chi connectivity index (χ3n) is 5.16. The number of urea groups is 1. The Morgan fingerprint density at radius 2 is 1.94 bits per heavy atom. The lowest BCUT2D eigenvalue weighted by Gasteiger charge is -2.19. The van der Waals surface area contributed by atoms with Gasteiger partial charge in [-0.1, -0.05) is 12.5 Å². The Balaban J connectivity index is 1.49. The van der Waals surface area contributed by atoms with E-state index in [4.69, 9.17) is 4.74 Å². The molecule has 0 radical (unpaired) electrons. The Hall–Kier alpha value is -2.34. The summed E-state index contributed by atoms with van der Waals surface area (Å²) in [5, 5.41) is 2.17. The van der Waals surface area contributed by atoms with Gasteiger partial charge in [-0.05, 0) is 43.4 Å². The number of sulfonamides is 1. The second-order valence-electron chi connectivity index (χ2n) is 7.69. The van der Waals surface area contributed by atoms with E-state index in [9.17, 15) is 31.2 Å². The summed E-state index contributed by atoms with van der Waals surface area (Å²) < 4.78 is 70.9. The summed E-state index contributed by atoms with van der Waals surface area (Å²) >= 11 is 0. The topological polar surface area (TPSA) is 105 Å². The Morgan fingerprint density at radius 3 is 2.55 bits per heavy atom. The molecular formula is C19H24F3N3O5S. The van der Waals surface area contributed by atoms with Gasteiger partial charge < -0.3 is 9.64 Å².